The van der Waals surface area contributed by atoms with Gasteiger partial charge in [0.2, 0.25) is 0 Å². The van der Waals surface area contributed by atoms with Gasteiger partial charge in [0.25, 0.3) is 0 Å². The van der Waals surface area contributed by atoms with Crippen molar-refractivity contribution >= 4 is 51.5 Å². The van der Waals surface area contributed by atoms with E-state index in [0.717, 1.165) is 16.3 Å². The summed E-state index contributed by atoms with van der Waals surface area (Å²) in [5, 5.41) is 9.35. The van der Waals surface area contributed by atoms with E-state index in [-0.39, 0.29) is 0 Å². The van der Waals surface area contributed by atoms with Crippen LogP contribution in [-0.2, 0) is 4.84 Å². The van der Waals surface area contributed by atoms with Crippen molar-refractivity contribution in [2.24, 2.45) is 5.16 Å². The molecule has 126 valence electrons. The maximum absolute atomic E-state index is 11.9. The first-order chi connectivity index (χ1) is 12.0. The lowest BCUT2D eigenvalue weighted by Crippen LogP contribution is -2.12. The van der Waals surface area contributed by atoms with Gasteiger partial charge in [-0.15, -0.1) is 0 Å². The summed E-state index contributed by atoms with van der Waals surface area (Å²) in [5.41, 5.74) is 1.97. The fraction of sp³-hybridized carbons (Fsp3) is 0.0526. The van der Waals surface area contributed by atoms with Crippen molar-refractivity contribution in [1.29, 1.82) is 0 Å². The summed E-state index contributed by atoms with van der Waals surface area (Å²) in [4.78, 5) is 16.8. The molecule has 0 aromatic heterocycles. The van der Waals surface area contributed by atoms with Crippen LogP contribution in [0.4, 0.5) is 10.5 Å². The molecule has 1 N–H and O–H groups in total. The number of hydrogen-bond acceptors (Lipinski definition) is 3. The molecule has 0 aliphatic carbocycles. The minimum absolute atomic E-state index is 0.343. The molecule has 0 atom stereocenters. The van der Waals surface area contributed by atoms with Gasteiger partial charge in [-0.25, -0.2) is 4.79 Å². The predicted molar refractivity (Wildman–Crippen MR) is 103 cm³/mol. The summed E-state index contributed by atoms with van der Waals surface area (Å²) in [5.74, 6) is 0. The minimum Gasteiger partial charge on any atom is -0.298 e. The molecule has 0 aliphatic heterocycles. The lowest BCUT2D eigenvalue weighted by atomic mass is 10.0. The van der Waals surface area contributed by atoms with Crippen molar-refractivity contribution in [2.45, 2.75) is 6.92 Å². The number of amides is 1. The summed E-state index contributed by atoms with van der Waals surface area (Å²) < 4.78 is 0. The number of carbonyl (C=O) groups excluding carboxylic acids is 1. The Kier molecular flexibility index (Phi) is 5.22. The number of oxime groups is 1. The first-order valence-corrected chi connectivity index (χ1v) is 8.26. The van der Waals surface area contributed by atoms with Gasteiger partial charge in [-0.3, -0.25) is 10.2 Å². The van der Waals surface area contributed by atoms with Crippen LogP contribution in [-0.4, -0.2) is 11.8 Å². The van der Waals surface area contributed by atoms with Gasteiger partial charge in [-0.1, -0.05) is 70.8 Å². The summed E-state index contributed by atoms with van der Waals surface area (Å²) in [6.07, 6.45) is -0.710. The molecule has 6 heteroatoms. The number of rotatable bonds is 3. The molecule has 3 aromatic rings. The van der Waals surface area contributed by atoms with E-state index in [4.69, 9.17) is 28.0 Å². The Hall–Kier alpha value is -2.56. The van der Waals surface area contributed by atoms with Crippen LogP contribution in [0.1, 0.15) is 12.5 Å². The van der Waals surface area contributed by atoms with Crippen molar-refractivity contribution in [3.8, 4) is 0 Å². The van der Waals surface area contributed by atoms with Crippen LogP contribution < -0.4 is 5.32 Å². The Morgan fingerprint density at radius 3 is 2.56 bits per heavy atom. The predicted octanol–water partition coefficient (Wildman–Crippen LogP) is 6.12. The number of anilines is 1. The van der Waals surface area contributed by atoms with Crippen LogP contribution in [0.5, 0.6) is 0 Å². The van der Waals surface area contributed by atoms with E-state index in [1.165, 1.54) is 6.07 Å². The fourth-order valence-electron chi connectivity index (χ4n) is 2.41. The minimum atomic E-state index is -0.710. The highest BCUT2D eigenvalue weighted by Crippen LogP contribution is 2.25. The summed E-state index contributed by atoms with van der Waals surface area (Å²) >= 11 is 11.7. The molecule has 0 fully saturated rings. The smallest absolute Gasteiger partial charge is 0.298 e. The molecule has 25 heavy (non-hydrogen) atoms. The second-order valence-corrected chi connectivity index (χ2v) is 6.15. The topological polar surface area (TPSA) is 50.7 Å². The lowest BCUT2D eigenvalue weighted by Gasteiger charge is -2.07. The second kappa shape index (κ2) is 7.55. The highest BCUT2D eigenvalue weighted by molar-refractivity contribution is 6.42. The number of nitrogens with zero attached hydrogens (tertiary/aromatic N) is 1. The maximum atomic E-state index is 11.9. The molecule has 0 heterocycles. The van der Waals surface area contributed by atoms with Crippen molar-refractivity contribution < 1.29 is 9.63 Å². The number of halogens is 2. The van der Waals surface area contributed by atoms with Gasteiger partial charge in [0.1, 0.15) is 0 Å². The van der Waals surface area contributed by atoms with E-state index in [0.29, 0.717) is 21.4 Å². The van der Waals surface area contributed by atoms with Crippen LogP contribution in [0.25, 0.3) is 10.8 Å². The molecule has 3 rings (SSSR count). The average Bonchev–Trinajstić information content (AvgIpc) is 2.62. The molecule has 1 amide bonds. The van der Waals surface area contributed by atoms with E-state index in [2.05, 4.69) is 10.5 Å². The van der Waals surface area contributed by atoms with Gasteiger partial charge >= 0.3 is 6.09 Å². The molecule has 0 radical (unpaired) electrons. The third kappa shape index (κ3) is 4.10. The number of benzene rings is 3. The average molecular weight is 373 g/mol. The normalized spacial score (nSPS) is 11.4. The summed E-state index contributed by atoms with van der Waals surface area (Å²) in [6.45, 7) is 1.79. The maximum Gasteiger partial charge on any atom is 0.437 e. The van der Waals surface area contributed by atoms with Crippen LogP contribution in [0.3, 0.4) is 0 Å². The number of nitrogens with one attached hydrogen (secondary N) is 1. The Labute approximate surface area is 155 Å². The molecule has 4 nitrogen and oxygen atoms in total. The van der Waals surface area contributed by atoms with Gasteiger partial charge in [0.15, 0.2) is 0 Å². The molecule has 3 aromatic carbocycles. The van der Waals surface area contributed by atoms with E-state index in [1.54, 1.807) is 19.1 Å². The molecular weight excluding hydrogens is 359 g/mol. The summed E-state index contributed by atoms with van der Waals surface area (Å²) in [6, 6.07) is 18.6. The highest BCUT2D eigenvalue weighted by Gasteiger charge is 2.08. The Balaban J connectivity index is 1.74. The Morgan fingerprint density at radius 1 is 1.00 bits per heavy atom. The molecular formula is C19H14Cl2N2O2. The van der Waals surface area contributed by atoms with E-state index in [9.17, 15) is 4.79 Å². The van der Waals surface area contributed by atoms with Crippen LogP contribution >= 0.6 is 23.2 Å². The zero-order chi connectivity index (χ0) is 17.8. The molecule has 0 unspecified atom stereocenters. The van der Waals surface area contributed by atoms with Crippen LogP contribution in [0.2, 0.25) is 10.0 Å². The zero-order valence-electron chi connectivity index (χ0n) is 13.3. The third-order valence-electron chi connectivity index (χ3n) is 3.61. The van der Waals surface area contributed by atoms with Crippen molar-refractivity contribution in [1.82, 2.24) is 0 Å². The SMILES string of the molecule is C/C(=N/OC(=O)Nc1ccc(Cl)c(Cl)c1)c1cccc2ccccc12. The third-order valence-corrected chi connectivity index (χ3v) is 4.35. The highest BCUT2D eigenvalue weighted by atomic mass is 35.5. The number of fused-ring (bicyclic) bond motifs is 1. The van der Waals surface area contributed by atoms with Crippen molar-refractivity contribution in [2.75, 3.05) is 5.32 Å². The van der Waals surface area contributed by atoms with E-state index < -0.39 is 6.09 Å². The van der Waals surface area contributed by atoms with E-state index in [1.807, 2.05) is 42.5 Å². The quantitative estimate of drug-likeness (QED) is 0.342. The van der Waals surface area contributed by atoms with Gasteiger partial charge in [-0.05, 0) is 35.9 Å². The van der Waals surface area contributed by atoms with Crippen molar-refractivity contribution in [3.05, 3.63) is 76.3 Å². The summed E-state index contributed by atoms with van der Waals surface area (Å²) in [7, 11) is 0. The van der Waals surface area contributed by atoms with E-state index >= 15 is 0 Å². The molecule has 0 saturated heterocycles. The van der Waals surface area contributed by atoms with Gasteiger partial charge in [0.05, 0.1) is 15.8 Å². The second-order valence-electron chi connectivity index (χ2n) is 5.34. The number of hydrogen-bond donors (Lipinski definition) is 1. The van der Waals surface area contributed by atoms with Crippen LogP contribution in [0.15, 0.2) is 65.8 Å². The van der Waals surface area contributed by atoms with Gasteiger partial charge < -0.3 is 0 Å². The fourth-order valence-corrected chi connectivity index (χ4v) is 2.71. The first kappa shape index (κ1) is 17.3. The number of carbonyl (C=O) groups is 1. The standard InChI is InChI=1S/C19H14Cl2N2O2/c1-12(15-8-4-6-13-5-2-3-7-16(13)15)23-25-19(24)22-14-9-10-17(20)18(21)11-14/h2-11H,1H3,(H,22,24)/b23-12-. The lowest BCUT2D eigenvalue weighted by molar-refractivity contribution is 0.166. The van der Waals surface area contributed by atoms with Crippen molar-refractivity contribution in [3.63, 3.8) is 0 Å². The largest absolute Gasteiger partial charge is 0.437 e. The van der Waals surface area contributed by atoms with Gasteiger partial charge in [-0.2, -0.15) is 0 Å². The monoisotopic (exact) mass is 372 g/mol. The molecule has 0 spiro atoms. The van der Waals surface area contributed by atoms with Gasteiger partial charge in [0, 0.05) is 11.3 Å². The molecule has 0 saturated carbocycles. The first-order valence-electron chi connectivity index (χ1n) is 7.50. The zero-order valence-corrected chi connectivity index (χ0v) is 14.8. The van der Waals surface area contributed by atoms with Crippen LogP contribution in [0, 0.1) is 0 Å². The molecule has 0 aliphatic rings. The Bertz CT molecular complexity index is 965. The molecule has 0 bridgehead atoms. The Morgan fingerprint density at radius 2 is 1.76 bits per heavy atom.